The number of hydrogen-bond acceptors (Lipinski definition) is 3. The summed E-state index contributed by atoms with van der Waals surface area (Å²) in [5.41, 5.74) is -0.0949. The number of aromatic nitrogens is 2. The molecular weight excluding hydrogens is 287 g/mol. The number of hydrogen-bond donors (Lipinski definition) is 2. The van der Waals surface area contributed by atoms with Gasteiger partial charge in [-0.3, -0.25) is 9.59 Å². The molecule has 0 aliphatic rings. The van der Waals surface area contributed by atoms with Crippen molar-refractivity contribution in [2.24, 2.45) is 0 Å². The molecule has 0 fully saturated rings. The number of carbonyl (C=O) groups is 2. The number of nitrogens with one attached hydrogen (secondary N) is 2. The maximum absolute atomic E-state index is 13.4. The van der Waals surface area contributed by atoms with Crippen molar-refractivity contribution in [3.63, 3.8) is 0 Å². The van der Waals surface area contributed by atoms with Crippen LogP contribution in [0.25, 0.3) is 0 Å². The molecular formula is C15H17FN4O2. The monoisotopic (exact) mass is 304 g/mol. The first-order valence-corrected chi connectivity index (χ1v) is 6.85. The second kappa shape index (κ2) is 6.84. The molecule has 2 N–H and O–H groups in total. The largest absolute Gasteiger partial charge is 0.343 e. The topological polar surface area (TPSA) is 76.0 Å². The Labute approximate surface area is 127 Å². The minimum absolute atomic E-state index is 0.0949. The lowest BCUT2D eigenvalue weighted by Gasteiger charge is -2.12. The fourth-order valence-corrected chi connectivity index (χ4v) is 1.91. The molecule has 0 saturated heterocycles. The summed E-state index contributed by atoms with van der Waals surface area (Å²) in [6, 6.07) is 7.35. The Morgan fingerprint density at radius 2 is 2.00 bits per heavy atom. The van der Waals surface area contributed by atoms with E-state index in [1.807, 2.05) is 13.8 Å². The number of amides is 2. The number of nitrogens with zero attached hydrogens (tertiary/aromatic N) is 2. The van der Waals surface area contributed by atoms with Crippen LogP contribution < -0.4 is 10.6 Å². The molecule has 2 amide bonds. The zero-order valence-electron chi connectivity index (χ0n) is 12.3. The average Bonchev–Trinajstić information content (AvgIpc) is 2.93. The number of halogens is 1. The van der Waals surface area contributed by atoms with Gasteiger partial charge in [0.25, 0.3) is 5.91 Å². The highest BCUT2D eigenvalue weighted by Gasteiger charge is 2.13. The fraction of sp³-hybridized carbons (Fsp3) is 0.267. The molecule has 116 valence electrons. The standard InChI is InChI=1S/C15H17FN4O2/c1-10(2)20-13(7-8-18-20)19-14(21)9-17-15(22)11-5-3-4-6-12(11)16/h3-8,10H,9H2,1-2H3,(H,17,22)(H,19,21). The summed E-state index contributed by atoms with van der Waals surface area (Å²) >= 11 is 0. The SMILES string of the molecule is CC(C)n1nccc1NC(=O)CNC(=O)c1ccccc1F. The lowest BCUT2D eigenvalue weighted by Crippen LogP contribution is -2.33. The van der Waals surface area contributed by atoms with Gasteiger partial charge in [0.2, 0.25) is 5.91 Å². The van der Waals surface area contributed by atoms with Gasteiger partial charge < -0.3 is 10.6 Å². The fourth-order valence-electron chi connectivity index (χ4n) is 1.91. The molecule has 0 aliphatic carbocycles. The molecule has 0 spiro atoms. The van der Waals surface area contributed by atoms with Crippen molar-refractivity contribution >= 4 is 17.6 Å². The van der Waals surface area contributed by atoms with Gasteiger partial charge in [0.05, 0.1) is 18.3 Å². The van der Waals surface area contributed by atoms with Crippen molar-refractivity contribution in [1.82, 2.24) is 15.1 Å². The van der Waals surface area contributed by atoms with E-state index in [1.165, 1.54) is 18.2 Å². The molecule has 1 heterocycles. The highest BCUT2D eigenvalue weighted by atomic mass is 19.1. The molecule has 0 aliphatic heterocycles. The van der Waals surface area contributed by atoms with Crippen molar-refractivity contribution in [2.75, 3.05) is 11.9 Å². The molecule has 0 atom stereocenters. The van der Waals surface area contributed by atoms with Gasteiger partial charge in [-0.2, -0.15) is 5.10 Å². The molecule has 2 aromatic rings. The zero-order valence-corrected chi connectivity index (χ0v) is 12.3. The Morgan fingerprint density at radius 1 is 1.27 bits per heavy atom. The van der Waals surface area contributed by atoms with Crippen molar-refractivity contribution in [3.8, 4) is 0 Å². The van der Waals surface area contributed by atoms with Gasteiger partial charge in [0.15, 0.2) is 0 Å². The van der Waals surface area contributed by atoms with E-state index in [1.54, 1.807) is 23.0 Å². The van der Waals surface area contributed by atoms with Gasteiger partial charge in [0.1, 0.15) is 11.6 Å². The Hall–Kier alpha value is -2.70. The summed E-state index contributed by atoms with van der Waals surface area (Å²) in [5, 5.41) is 9.11. The molecule has 2 rings (SSSR count). The van der Waals surface area contributed by atoms with Gasteiger partial charge in [-0.25, -0.2) is 9.07 Å². The number of anilines is 1. The summed E-state index contributed by atoms with van der Waals surface area (Å²) in [6.07, 6.45) is 1.58. The first-order valence-electron chi connectivity index (χ1n) is 6.85. The third-order valence-electron chi connectivity index (χ3n) is 2.95. The van der Waals surface area contributed by atoms with Crippen LogP contribution in [0, 0.1) is 5.82 Å². The molecule has 7 heteroatoms. The van der Waals surface area contributed by atoms with Crippen LogP contribution in [-0.4, -0.2) is 28.1 Å². The maximum Gasteiger partial charge on any atom is 0.254 e. The van der Waals surface area contributed by atoms with Crippen LogP contribution in [0.1, 0.15) is 30.2 Å². The van der Waals surface area contributed by atoms with E-state index in [2.05, 4.69) is 15.7 Å². The van der Waals surface area contributed by atoms with Crippen LogP contribution in [0.2, 0.25) is 0 Å². The highest BCUT2D eigenvalue weighted by Crippen LogP contribution is 2.12. The number of benzene rings is 1. The van der Waals surface area contributed by atoms with Gasteiger partial charge in [0, 0.05) is 12.1 Å². The summed E-state index contributed by atoms with van der Waals surface area (Å²) in [7, 11) is 0. The van der Waals surface area contributed by atoms with Crippen molar-refractivity contribution in [1.29, 1.82) is 0 Å². The summed E-state index contributed by atoms with van der Waals surface area (Å²) in [6.45, 7) is 3.61. The third-order valence-corrected chi connectivity index (χ3v) is 2.95. The van der Waals surface area contributed by atoms with Gasteiger partial charge >= 0.3 is 0 Å². The van der Waals surface area contributed by atoms with Crippen LogP contribution in [0.5, 0.6) is 0 Å². The van der Waals surface area contributed by atoms with E-state index in [9.17, 15) is 14.0 Å². The van der Waals surface area contributed by atoms with Gasteiger partial charge in [-0.05, 0) is 26.0 Å². The Kier molecular flexibility index (Phi) is 4.88. The highest BCUT2D eigenvalue weighted by molar-refractivity contribution is 5.99. The van der Waals surface area contributed by atoms with Crippen LogP contribution in [-0.2, 0) is 4.79 Å². The van der Waals surface area contributed by atoms with E-state index in [0.717, 1.165) is 0 Å². The van der Waals surface area contributed by atoms with E-state index in [0.29, 0.717) is 5.82 Å². The number of rotatable bonds is 5. The zero-order chi connectivity index (χ0) is 16.1. The number of carbonyl (C=O) groups excluding carboxylic acids is 2. The van der Waals surface area contributed by atoms with Crippen molar-refractivity contribution in [2.45, 2.75) is 19.9 Å². The van der Waals surface area contributed by atoms with E-state index < -0.39 is 17.6 Å². The summed E-state index contributed by atoms with van der Waals surface area (Å²) in [4.78, 5) is 23.6. The molecule has 0 unspecified atom stereocenters. The predicted molar refractivity (Wildman–Crippen MR) is 80.0 cm³/mol. The van der Waals surface area contributed by atoms with Gasteiger partial charge in [-0.15, -0.1) is 0 Å². The predicted octanol–water partition coefficient (Wildman–Crippen LogP) is 1.97. The van der Waals surface area contributed by atoms with Crippen LogP contribution in [0.4, 0.5) is 10.2 Å². The van der Waals surface area contributed by atoms with E-state index in [-0.39, 0.29) is 18.2 Å². The smallest absolute Gasteiger partial charge is 0.254 e. The first kappa shape index (κ1) is 15.7. The second-order valence-electron chi connectivity index (χ2n) is 4.97. The Morgan fingerprint density at radius 3 is 2.68 bits per heavy atom. The van der Waals surface area contributed by atoms with Crippen molar-refractivity contribution < 1.29 is 14.0 Å². The van der Waals surface area contributed by atoms with Crippen LogP contribution >= 0.6 is 0 Å². The van der Waals surface area contributed by atoms with Crippen LogP contribution in [0.3, 0.4) is 0 Å². The minimum Gasteiger partial charge on any atom is -0.343 e. The molecule has 22 heavy (non-hydrogen) atoms. The molecule has 1 aromatic carbocycles. The molecule has 6 nitrogen and oxygen atoms in total. The van der Waals surface area contributed by atoms with Crippen LogP contribution in [0.15, 0.2) is 36.5 Å². The lowest BCUT2D eigenvalue weighted by molar-refractivity contribution is -0.115. The molecule has 0 radical (unpaired) electrons. The molecule has 1 aromatic heterocycles. The first-order chi connectivity index (χ1) is 10.5. The average molecular weight is 304 g/mol. The third kappa shape index (κ3) is 3.69. The maximum atomic E-state index is 13.4. The Balaban J connectivity index is 1.92. The quantitative estimate of drug-likeness (QED) is 0.886. The normalized spacial score (nSPS) is 10.5. The second-order valence-corrected chi connectivity index (χ2v) is 4.97. The van der Waals surface area contributed by atoms with E-state index in [4.69, 9.17) is 0 Å². The lowest BCUT2D eigenvalue weighted by atomic mass is 10.2. The summed E-state index contributed by atoms with van der Waals surface area (Å²) < 4.78 is 15.1. The Bertz CT molecular complexity index is 682. The molecule has 0 bridgehead atoms. The van der Waals surface area contributed by atoms with Crippen molar-refractivity contribution in [3.05, 3.63) is 47.9 Å². The molecule has 0 saturated carbocycles. The summed E-state index contributed by atoms with van der Waals surface area (Å²) in [5.74, 6) is -1.13. The van der Waals surface area contributed by atoms with E-state index >= 15 is 0 Å². The minimum atomic E-state index is -0.634. The van der Waals surface area contributed by atoms with Gasteiger partial charge in [-0.1, -0.05) is 12.1 Å².